The number of rotatable bonds is 2. The molecule has 2 aromatic rings. The van der Waals surface area contributed by atoms with Crippen LogP contribution in [-0.4, -0.2) is 18.6 Å². The highest BCUT2D eigenvalue weighted by molar-refractivity contribution is 8.01. The van der Waals surface area contributed by atoms with Crippen LogP contribution in [-0.2, 0) is 0 Å². The lowest BCUT2D eigenvalue weighted by atomic mass is 10.0. The molecule has 2 nitrogen and oxygen atoms in total. The normalized spacial score (nSPS) is 16.5. The van der Waals surface area contributed by atoms with Gasteiger partial charge in [0.25, 0.3) is 0 Å². The zero-order valence-corrected chi connectivity index (χ0v) is 12.0. The van der Waals surface area contributed by atoms with Gasteiger partial charge in [-0.2, -0.15) is 0 Å². The summed E-state index contributed by atoms with van der Waals surface area (Å²) in [7, 11) is 1.65. The average Bonchev–Trinajstić information content (AvgIpc) is 2.92. The molecule has 0 saturated heterocycles. The van der Waals surface area contributed by atoms with Gasteiger partial charge in [-0.1, -0.05) is 12.1 Å². The van der Waals surface area contributed by atoms with Crippen molar-refractivity contribution in [1.82, 2.24) is 0 Å². The van der Waals surface area contributed by atoms with Crippen LogP contribution in [0, 0.1) is 0 Å². The summed E-state index contributed by atoms with van der Waals surface area (Å²) in [5.74, 6) is 1.73. The summed E-state index contributed by atoms with van der Waals surface area (Å²) in [6.45, 7) is 0. The van der Waals surface area contributed by atoms with Gasteiger partial charge in [0.1, 0.15) is 5.75 Å². The van der Waals surface area contributed by atoms with Gasteiger partial charge in [-0.05, 0) is 35.2 Å². The second-order valence-corrected chi connectivity index (χ2v) is 6.34. The number of carbonyl (C=O) groups is 1. The first-order valence-electron chi connectivity index (χ1n) is 5.87. The van der Waals surface area contributed by atoms with E-state index in [1.807, 2.05) is 41.8 Å². The van der Waals surface area contributed by atoms with E-state index in [4.69, 9.17) is 4.74 Å². The van der Waals surface area contributed by atoms with Crippen LogP contribution in [0.3, 0.4) is 0 Å². The lowest BCUT2D eigenvalue weighted by Crippen LogP contribution is -2.10. The Hall–Kier alpha value is -1.52. The highest BCUT2D eigenvalue weighted by Crippen LogP contribution is 2.37. The minimum absolute atomic E-state index is 0.158. The lowest BCUT2D eigenvalue weighted by molar-refractivity contribution is 0.103. The molecule has 0 aliphatic carbocycles. The minimum Gasteiger partial charge on any atom is -0.497 e. The minimum atomic E-state index is 0.158. The SMILES string of the molecule is COc1ccc(/C=C2/CSc3sccc3C2=O)cc1. The smallest absolute Gasteiger partial charge is 0.191 e. The predicted octanol–water partition coefficient (Wildman–Crippen LogP) is 4.13. The first kappa shape index (κ1) is 12.5. The van der Waals surface area contributed by atoms with E-state index in [-0.39, 0.29) is 5.78 Å². The number of ketones is 1. The Kier molecular flexibility index (Phi) is 3.44. The van der Waals surface area contributed by atoms with Crippen LogP contribution < -0.4 is 4.74 Å². The van der Waals surface area contributed by atoms with Crippen LogP contribution in [0.1, 0.15) is 15.9 Å². The third-order valence-electron chi connectivity index (χ3n) is 2.98. The molecule has 1 aliphatic rings. The molecular formula is C15H12O2S2. The molecule has 4 heteroatoms. The van der Waals surface area contributed by atoms with Crippen molar-refractivity contribution in [3.8, 4) is 5.75 Å². The maximum absolute atomic E-state index is 12.3. The molecule has 0 radical (unpaired) electrons. The maximum atomic E-state index is 12.3. The van der Waals surface area contributed by atoms with Crippen molar-refractivity contribution in [1.29, 1.82) is 0 Å². The average molecular weight is 288 g/mol. The number of carbonyl (C=O) groups excluding carboxylic acids is 1. The number of methoxy groups -OCH3 is 1. The fourth-order valence-electron chi connectivity index (χ4n) is 1.97. The molecule has 0 bridgehead atoms. The molecule has 0 spiro atoms. The highest BCUT2D eigenvalue weighted by atomic mass is 32.2. The van der Waals surface area contributed by atoms with E-state index >= 15 is 0 Å². The number of ether oxygens (including phenoxy) is 1. The van der Waals surface area contributed by atoms with Crippen molar-refractivity contribution in [2.75, 3.05) is 12.9 Å². The lowest BCUT2D eigenvalue weighted by Gasteiger charge is -2.13. The molecule has 1 aliphatic heterocycles. The van der Waals surface area contributed by atoms with Gasteiger partial charge in [0.05, 0.1) is 11.3 Å². The fourth-order valence-corrected chi connectivity index (χ4v) is 4.01. The van der Waals surface area contributed by atoms with Gasteiger partial charge in [0.2, 0.25) is 0 Å². The Balaban J connectivity index is 1.90. The molecule has 1 aromatic heterocycles. The summed E-state index contributed by atoms with van der Waals surface area (Å²) in [4.78, 5) is 12.3. The van der Waals surface area contributed by atoms with E-state index < -0.39 is 0 Å². The third-order valence-corrected chi connectivity index (χ3v) is 5.27. The number of benzene rings is 1. The van der Waals surface area contributed by atoms with Crippen LogP contribution in [0.25, 0.3) is 6.08 Å². The Bertz CT molecular complexity index is 638. The Morgan fingerprint density at radius 2 is 2.00 bits per heavy atom. The van der Waals surface area contributed by atoms with Gasteiger partial charge < -0.3 is 4.74 Å². The van der Waals surface area contributed by atoms with Crippen molar-refractivity contribution >= 4 is 35.0 Å². The number of hydrogen-bond donors (Lipinski definition) is 0. The van der Waals surface area contributed by atoms with Crippen LogP contribution in [0.2, 0.25) is 0 Å². The summed E-state index contributed by atoms with van der Waals surface area (Å²) in [6, 6.07) is 9.65. The number of hydrogen-bond acceptors (Lipinski definition) is 4. The Morgan fingerprint density at radius 1 is 1.21 bits per heavy atom. The standard InChI is InChI=1S/C15H12O2S2/c1-17-12-4-2-10(3-5-12)8-11-9-19-15-13(14(11)16)6-7-18-15/h2-8H,9H2,1H3/b11-8-. The van der Waals surface area contributed by atoms with Crippen molar-refractivity contribution in [2.45, 2.75) is 4.21 Å². The van der Waals surface area contributed by atoms with Gasteiger partial charge in [-0.3, -0.25) is 4.79 Å². The van der Waals surface area contributed by atoms with Crippen LogP contribution in [0.4, 0.5) is 0 Å². The number of thiophene rings is 1. The van der Waals surface area contributed by atoms with Crippen LogP contribution in [0.5, 0.6) is 5.75 Å². The first-order chi connectivity index (χ1) is 9.28. The van der Waals surface area contributed by atoms with Crippen molar-refractivity contribution < 1.29 is 9.53 Å². The molecule has 0 fully saturated rings. The molecule has 3 rings (SSSR count). The van der Waals surface area contributed by atoms with E-state index in [2.05, 4.69) is 0 Å². The fraction of sp³-hybridized carbons (Fsp3) is 0.133. The summed E-state index contributed by atoms with van der Waals surface area (Å²) >= 11 is 3.38. The monoisotopic (exact) mass is 288 g/mol. The molecule has 0 saturated carbocycles. The number of fused-ring (bicyclic) bond motifs is 1. The zero-order chi connectivity index (χ0) is 13.2. The molecule has 1 aromatic carbocycles. The molecule has 0 amide bonds. The molecule has 2 heterocycles. The van der Waals surface area contributed by atoms with Gasteiger partial charge >= 0.3 is 0 Å². The Morgan fingerprint density at radius 3 is 2.74 bits per heavy atom. The molecule has 96 valence electrons. The van der Waals surface area contributed by atoms with Gasteiger partial charge in [0, 0.05) is 16.9 Å². The first-order valence-corrected chi connectivity index (χ1v) is 7.74. The second-order valence-electron chi connectivity index (χ2n) is 4.18. The van der Waals surface area contributed by atoms with E-state index in [1.54, 1.807) is 30.2 Å². The molecule has 19 heavy (non-hydrogen) atoms. The van der Waals surface area contributed by atoms with Crippen LogP contribution >= 0.6 is 23.1 Å². The van der Waals surface area contributed by atoms with Crippen molar-refractivity contribution in [3.63, 3.8) is 0 Å². The molecule has 0 N–H and O–H groups in total. The van der Waals surface area contributed by atoms with Crippen molar-refractivity contribution in [2.24, 2.45) is 0 Å². The summed E-state index contributed by atoms with van der Waals surface area (Å²) in [6.07, 6.45) is 1.97. The van der Waals surface area contributed by atoms with E-state index in [1.165, 1.54) is 0 Å². The highest BCUT2D eigenvalue weighted by Gasteiger charge is 2.23. The number of thioether (sulfide) groups is 1. The maximum Gasteiger partial charge on any atom is 0.191 e. The molecular weight excluding hydrogens is 276 g/mol. The van der Waals surface area contributed by atoms with Gasteiger partial charge in [0.15, 0.2) is 5.78 Å². The largest absolute Gasteiger partial charge is 0.497 e. The van der Waals surface area contributed by atoms with E-state index in [0.29, 0.717) is 0 Å². The topological polar surface area (TPSA) is 26.3 Å². The summed E-state index contributed by atoms with van der Waals surface area (Å²) < 4.78 is 6.26. The zero-order valence-electron chi connectivity index (χ0n) is 10.4. The summed E-state index contributed by atoms with van der Waals surface area (Å²) in [5, 5.41) is 1.98. The summed E-state index contributed by atoms with van der Waals surface area (Å²) in [5.41, 5.74) is 2.74. The van der Waals surface area contributed by atoms with E-state index in [9.17, 15) is 4.79 Å². The van der Waals surface area contributed by atoms with Gasteiger partial charge in [-0.25, -0.2) is 0 Å². The van der Waals surface area contributed by atoms with Gasteiger partial charge in [-0.15, -0.1) is 23.1 Å². The quantitative estimate of drug-likeness (QED) is 0.777. The Labute approximate surface area is 120 Å². The molecule has 0 atom stereocenters. The third kappa shape index (κ3) is 2.46. The van der Waals surface area contributed by atoms with E-state index in [0.717, 1.165) is 32.4 Å². The second kappa shape index (κ2) is 5.23. The molecule has 0 unspecified atom stereocenters. The predicted molar refractivity (Wildman–Crippen MR) is 80.3 cm³/mol. The van der Waals surface area contributed by atoms with Crippen molar-refractivity contribution in [3.05, 3.63) is 52.4 Å². The van der Waals surface area contributed by atoms with Crippen LogP contribution in [0.15, 0.2) is 45.5 Å². The number of Topliss-reactive ketones (excluding diaryl/α,β-unsaturated/α-hetero) is 1.